The van der Waals surface area contributed by atoms with E-state index < -0.39 is 7.26 Å². The van der Waals surface area contributed by atoms with E-state index in [2.05, 4.69) is 24.3 Å². The van der Waals surface area contributed by atoms with E-state index >= 15 is 0 Å². The van der Waals surface area contributed by atoms with Gasteiger partial charge in [0.2, 0.25) is 5.78 Å². The molecule has 3 heteroatoms. The van der Waals surface area contributed by atoms with Gasteiger partial charge < -0.3 is 4.42 Å². The molecule has 0 aliphatic heterocycles. The molecule has 0 fully saturated rings. The first-order valence-corrected chi connectivity index (χ1v) is 11.3. The maximum Gasteiger partial charge on any atom is 0.256 e. The second kappa shape index (κ2) is 7.96. The SMILES string of the molecule is Cc1ccc([P+](CC(=O)c2ccccc2)(c2ccccc2)c2ccccc2)o1. The number of hydrogen-bond donors (Lipinski definition) is 0. The van der Waals surface area contributed by atoms with Gasteiger partial charge in [-0.05, 0) is 37.3 Å². The average Bonchev–Trinajstić information content (AvgIpc) is 3.20. The molecule has 1 heterocycles. The van der Waals surface area contributed by atoms with E-state index in [1.54, 1.807) is 0 Å². The molecule has 0 bridgehead atoms. The Kier molecular flexibility index (Phi) is 5.23. The Morgan fingerprint density at radius 1 is 0.714 bits per heavy atom. The fourth-order valence-corrected chi connectivity index (χ4v) is 7.52. The predicted octanol–water partition coefficient (Wildman–Crippen LogP) is 4.76. The lowest BCUT2D eigenvalue weighted by molar-refractivity contribution is 0.102. The minimum atomic E-state index is -2.27. The van der Waals surface area contributed by atoms with Crippen molar-refractivity contribution in [2.45, 2.75) is 6.92 Å². The zero-order valence-electron chi connectivity index (χ0n) is 15.8. The van der Waals surface area contributed by atoms with Crippen molar-refractivity contribution in [3.63, 3.8) is 0 Å². The number of furan rings is 1. The minimum Gasteiger partial charge on any atom is -0.431 e. The van der Waals surface area contributed by atoms with E-state index in [0.29, 0.717) is 6.16 Å². The van der Waals surface area contributed by atoms with E-state index in [1.807, 2.05) is 85.8 Å². The molecule has 138 valence electrons. The quantitative estimate of drug-likeness (QED) is 0.354. The van der Waals surface area contributed by atoms with Crippen LogP contribution in [0.4, 0.5) is 0 Å². The minimum absolute atomic E-state index is 0.135. The van der Waals surface area contributed by atoms with Crippen LogP contribution in [-0.2, 0) is 0 Å². The smallest absolute Gasteiger partial charge is 0.256 e. The molecule has 0 saturated carbocycles. The summed E-state index contributed by atoms with van der Waals surface area (Å²) in [7, 11) is -2.27. The molecular weight excluding hydrogens is 363 g/mol. The topological polar surface area (TPSA) is 30.2 Å². The van der Waals surface area contributed by atoms with Gasteiger partial charge in [0, 0.05) is 11.6 Å². The van der Waals surface area contributed by atoms with Crippen LogP contribution < -0.4 is 16.1 Å². The van der Waals surface area contributed by atoms with Crippen LogP contribution in [0.25, 0.3) is 0 Å². The molecule has 0 N–H and O–H groups in total. The second-order valence-corrected chi connectivity index (χ2v) is 10.2. The second-order valence-electron chi connectivity index (χ2n) is 6.81. The van der Waals surface area contributed by atoms with Gasteiger partial charge >= 0.3 is 0 Å². The molecule has 0 unspecified atom stereocenters. The molecule has 0 radical (unpaired) electrons. The molecule has 3 aromatic carbocycles. The summed E-state index contributed by atoms with van der Waals surface area (Å²) in [6.07, 6.45) is 0.401. The van der Waals surface area contributed by atoms with Crippen LogP contribution in [0, 0.1) is 6.92 Å². The monoisotopic (exact) mass is 385 g/mol. The highest BCUT2D eigenvalue weighted by molar-refractivity contribution is 7.96. The molecule has 0 saturated heterocycles. The Bertz CT molecular complexity index is 1010. The third kappa shape index (κ3) is 3.44. The molecule has 0 atom stereocenters. The fraction of sp³-hybridized carbons (Fsp3) is 0.0800. The first kappa shape index (κ1) is 18.4. The summed E-state index contributed by atoms with van der Waals surface area (Å²) in [6, 6.07) is 34.2. The normalized spacial score (nSPS) is 11.3. The number of ketones is 1. The van der Waals surface area contributed by atoms with Gasteiger partial charge in [0.25, 0.3) is 5.50 Å². The Labute approximate surface area is 166 Å². The summed E-state index contributed by atoms with van der Waals surface area (Å²) in [4.78, 5) is 13.4. The van der Waals surface area contributed by atoms with Gasteiger partial charge in [-0.1, -0.05) is 66.7 Å². The first-order chi connectivity index (χ1) is 13.7. The lowest BCUT2D eigenvalue weighted by atomic mass is 10.2. The summed E-state index contributed by atoms with van der Waals surface area (Å²) in [5.41, 5.74) is 1.63. The van der Waals surface area contributed by atoms with Crippen LogP contribution in [-0.4, -0.2) is 11.9 Å². The molecule has 2 nitrogen and oxygen atoms in total. The number of hydrogen-bond acceptors (Lipinski definition) is 2. The van der Waals surface area contributed by atoms with Crippen LogP contribution >= 0.6 is 7.26 Å². The molecule has 4 rings (SSSR count). The number of aryl methyl sites for hydroxylation is 1. The van der Waals surface area contributed by atoms with E-state index in [9.17, 15) is 4.79 Å². The number of benzene rings is 3. The van der Waals surface area contributed by atoms with Crippen LogP contribution in [0.3, 0.4) is 0 Å². The highest BCUT2D eigenvalue weighted by Gasteiger charge is 2.50. The summed E-state index contributed by atoms with van der Waals surface area (Å²) >= 11 is 0. The number of Topliss-reactive ketones (excluding diaryl/α,β-unsaturated/α-hetero) is 1. The summed E-state index contributed by atoms with van der Waals surface area (Å²) in [5, 5.41) is 2.31. The standard InChI is InChI=1S/C25H22O2P/c1-20-17-18-25(27-20)28(22-13-7-3-8-14-22,23-15-9-4-10-16-23)19-24(26)21-11-5-2-6-12-21/h2-18H,19H2,1H3/q+1. The van der Waals surface area contributed by atoms with E-state index in [4.69, 9.17) is 4.42 Å². The molecule has 28 heavy (non-hydrogen) atoms. The van der Waals surface area contributed by atoms with Gasteiger partial charge in [-0.25, -0.2) is 0 Å². The Balaban J connectivity index is 1.94. The van der Waals surface area contributed by atoms with Crippen molar-refractivity contribution >= 4 is 29.2 Å². The van der Waals surface area contributed by atoms with E-state index in [0.717, 1.165) is 27.4 Å². The van der Waals surface area contributed by atoms with Gasteiger partial charge in [-0.2, -0.15) is 0 Å². The van der Waals surface area contributed by atoms with Crippen molar-refractivity contribution in [1.82, 2.24) is 0 Å². The van der Waals surface area contributed by atoms with Crippen molar-refractivity contribution in [1.29, 1.82) is 0 Å². The van der Waals surface area contributed by atoms with E-state index in [1.165, 1.54) is 0 Å². The van der Waals surface area contributed by atoms with Gasteiger partial charge in [-0.15, -0.1) is 0 Å². The largest absolute Gasteiger partial charge is 0.431 e. The highest BCUT2D eigenvalue weighted by atomic mass is 31.2. The van der Waals surface area contributed by atoms with Crippen molar-refractivity contribution in [2.75, 3.05) is 6.16 Å². The number of carbonyl (C=O) groups is 1. The summed E-state index contributed by atoms with van der Waals surface area (Å²) in [6.45, 7) is 1.95. The van der Waals surface area contributed by atoms with Crippen molar-refractivity contribution < 1.29 is 9.21 Å². The molecule has 0 spiro atoms. The lowest BCUT2D eigenvalue weighted by Crippen LogP contribution is -2.35. The molecule has 0 aliphatic rings. The third-order valence-corrected chi connectivity index (χ3v) is 9.09. The third-order valence-electron chi connectivity index (χ3n) is 4.97. The van der Waals surface area contributed by atoms with Gasteiger partial charge in [0.15, 0.2) is 7.26 Å². The summed E-state index contributed by atoms with van der Waals surface area (Å²) < 4.78 is 6.19. The summed E-state index contributed by atoms with van der Waals surface area (Å²) in [5.74, 6) is 0.995. The van der Waals surface area contributed by atoms with Gasteiger partial charge in [0.1, 0.15) is 22.5 Å². The zero-order valence-corrected chi connectivity index (χ0v) is 16.7. The van der Waals surface area contributed by atoms with Crippen LogP contribution in [0.15, 0.2) is 108 Å². The van der Waals surface area contributed by atoms with Crippen LogP contribution in [0.1, 0.15) is 16.1 Å². The Hall–Kier alpha value is -2.96. The average molecular weight is 385 g/mol. The van der Waals surface area contributed by atoms with Crippen molar-refractivity contribution in [3.8, 4) is 0 Å². The molecule has 4 aromatic rings. The van der Waals surface area contributed by atoms with Crippen molar-refractivity contribution in [3.05, 3.63) is 114 Å². The van der Waals surface area contributed by atoms with Crippen LogP contribution in [0.5, 0.6) is 0 Å². The Morgan fingerprint density at radius 3 is 1.68 bits per heavy atom. The van der Waals surface area contributed by atoms with Crippen molar-refractivity contribution in [2.24, 2.45) is 0 Å². The number of carbonyl (C=O) groups excluding carboxylic acids is 1. The van der Waals surface area contributed by atoms with Gasteiger partial charge in [-0.3, -0.25) is 4.79 Å². The molecule has 0 amide bonds. The molecule has 1 aromatic heterocycles. The first-order valence-electron chi connectivity index (χ1n) is 9.35. The maximum atomic E-state index is 13.4. The fourth-order valence-electron chi connectivity index (χ4n) is 3.59. The number of rotatable bonds is 6. The predicted molar refractivity (Wildman–Crippen MR) is 118 cm³/mol. The highest BCUT2D eigenvalue weighted by Crippen LogP contribution is 2.55. The van der Waals surface area contributed by atoms with Crippen LogP contribution in [0.2, 0.25) is 0 Å². The zero-order chi connectivity index (χ0) is 19.4. The van der Waals surface area contributed by atoms with Gasteiger partial charge in [0.05, 0.1) is 0 Å². The Morgan fingerprint density at radius 2 is 1.21 bits per heavy atom. The molecular formula is C25H22O2P+. The molecule has 0 aliphatic carbocycles. The lowest BCUT2D eigenvalue weighted by Gasteiger charge is -2.24. The van der Waals surface area contributed by atoms with E-state index in [-0.39, 0.29) is 5.78 Å². The maximum absolute atomic E-state index is 13.4.